The number of aromatic nitrogens is 1. The van der Waals surface area contributed by atoms with Gasteiger partial charge in [0.1, 0.15) is 17.1 Å². The summed E-state index contributed by atoms with van der Waals surface area (Å²) in [6.07, 6.45) is 5.16. The molecule has 2 aromatic carbocycles. The zero-order chi connectivity index (χ0) is 22.1. The molecule has 2 aromatic heterocycles. The van der Waals surface area contributed by atoms with E-state index >= 15 is 0 Å². The van der Waals surface area contributed by atoms with E-state index in [0.717, 1.165) is 74.0 Å². The van der Waals surface area contributed by atoms with Gasteiger partial charge in [0.15, 0.2) is 0 Å². The first-order valence-electron chi connectivity index (χ1n) is 11.1. The molecule has 166 valence electrons. The van der Waals surface area contributed by atoms with Gasteiger partial charge in [-0.15, -0.1) is 0 Å². The number of hydrogen-bond donors (Lipinski definition) is 2. The highest BCUT2D eigenvalue weighted by atomic mass is 19.1. The summed E-state index contributed by atoms with van der Waals surface area (Å²) in [5.74, 6) is -0.0763. The van der Waals surface area contributed by atoms with Crippen LogP contribution in [0.25, 0.3) is 21.9 Å². The van der Waals surface area contributed by atoms with Crippen molar-refractivity contribution in [3.63, 3.8) is 0 Å². The van der Waals surface area contributed by atoms with Crippen LogP contribution in [0.15, 0.2) is 57.9 Å². The number of halogens is 1. The average molecular weight is 435 g/mol. The second kappa shape index (κ2) is 8.67. The number of H-pyrrole nitrogens is 1. The Kier molecular flexibility index (Phi) is 5.57. The Hall–Kier alpha value is -3.32. The number of phenols is 1. The molecule has 0 spiro atoms. The number of fused-ring (bicyclic) bond motifs is 2. The van der Waals surface area contributed by atoms with Crippen molar-refractivity contribution in [2.45, 2.75) is 19.3 Å². The van der Waals surface area contributed by atoms with Gasteiger partial charge >= 0.3 is 5.63 Å². The van der Waals surface area contributed by atoms with Crippen LogP contribution in [0.4, 0.5) is 10.1 Å². The topological polar surface area (TPSA) is 72.7 Å². The highest BCUT2D eigenvalue weighted by Gasteiger charge is 2.20. The predicted molar refractivity (Wildman–Crippen MR) is 124 cm³/mol. The van der Waals surface area contributed by atoms with E-state index in [0.29, 0.717) is 5.58 Å². The molecule has 0 radical (unpaired) electrons. The zero-order valence-electron chi connectivity index (χ0n) is 17.8. The van der Waals surface area contributed by atoms with Gasteiger partial charge in [0.05, 0.1) is 5.69 Å². The van der Waals surface area contributed by atoms with Gasteiger partial charge in [-0.3, -0.25) is 4.90 Å². The normalized spacial score (nSPS) is 15.1. The highest BCUT2D eigenvalue weighted by molar-refractivity contribution is 5.84. The van der Waals surface area contributed by atoms with Gasteiger partial charge in [0.2, 0.25) is 0 Å². The number of aromatic hydroxyl groups is 1. The molecule has 32 heavy (non-hydrogen) atoms. The summed E-state index contributed by atoms with van der Waals surface area (Å²) in [5, 5.41) is 12.3. The molecule has 5 rings (SSSR count). The van der Waals surface area contributed by atoms with E-state index in [1.807, 2.05) is 18.3 Å². The van der Waals surface area contributed by atoms with Crippen LogP contribution in [-0.2, 0) is 6.42 Å². The third-order valence-corrected chi connectivity index (χ3v) is 6.33. The third-order valence-electron chi connectivity index (χ3n) is 6.33. The highest BCUT2D eigenvalue weighted by Crippen LogP contribution is 2.32. The molecule has 0 amide bonds. The lowest BCUT2D eigenvalue weighted by Crippen LogP contribution is -2.46. The van der Waals surface area contributed by atoms with Crippen LogP contribution in [0.2, 0.25) is 0 Å². The van der Waals surface area contributed by atoms with Crippen molar-refractivity contribution in [2.24, 2.45) is 0 Å². The monoisotopic (exact) mass is 435 g/mol. The number of aryl methyl sites for hydroxylation is 1. The Morgan fingerprint density at radius 1 is 1.03 bits per heavy atom. The summed E-state index contributed by atoms with van der Waals surface area (Å²) in [6, 6.07) is 11.4. The molecule has 2 N–H and O–H groups in total. The summed E-state index contributed by atoms with van der Waals surface area (Å²) >= 11 is 0. The Morgan fingerprint density at radius 2 is 1.88 bits per heavy atom. The summed E-state index contributed by atoms with van der Waals surface area (Å²) in [6.45, 7) is 4.59. The molecule has 0 bridgehead atoms. The van der Waals surface area contributed by atoms with Crippen LogP contribution >= 0.6 is 0 Å². The molecule has 1 saturated heterocycles. The molecular weight excluding hydrogens is 409 g/mol. The van der Waals surface area contributed by atoms with Crippen molar-refractivity contribution in [1.82, 2.24) is 9.88 Å². The molecule has 1 aliphatic heterocycles. The van der Waals surface area contributed by atoms with E-state index in [2.05, 4.69) is 14.8 Å². The maximum absolute atomic E-state index is 13.3. The van der Waals surface area contributed by atoms with E-state index in [4.69, 9.17) is 4.42 Å². The van der Waals surface area contributed by atoms with Crippen molar-refractivity contribution in [3.05, 3.63) is 70.5 Å². The van der Waals surface area contributed by atoms with Crippen LogP contribution in [0.3, 0.4) is 0 Å². The van der Waals surface area contributed by atoms with Crippen LogP contribution in [-0.4, -0.2) is 47.7 Å². The smallest absolute Gasteiger partial charge is 0.336 e. The molecule has 1 aliphatic rings. The summed E-state index contributed by atoms with van der Waals surface area (Å²) in [5.41, 5.74) is 2.86. The van der Waals surface area contributed by atoms with Gasteiger partial charge in [-0.05, 0) is 61.7 Å². The number of unbranched alkanes of at least 4 members (excludes halogenated alkanes) is 1. The van der Waals surface area contributed by atoms with E-state index < -0.39 is 5.63 Å². The quantitative estimate of drug-likeness (QED) is 0.350. The predicted octanol–water partition coefficient (Wildman–Crippen LogP) is 4.26. The molecule has 4 aromatic rings. The first kappa shape index (κ1) is 20.6. The Morgan fingerprint density at radius 3 is 2.72 bits per heavy atom. The first-order valence-corrected chi connectivity index (χ1v) is 11.1. The largest absolute Gasteiger partial charge is 0.506 e. The number of nitrogens with zero attached hydrogens (tertiary/aromatic N) is 2. The van der Waals surface area contributed by atoms with E-state index in [9.17, 15) is 14.3 Å². The Labute approximate surface area is 184 Å². The van der Waals surface area contributed by atoms with Gasteiger partial charge in [0, 0.05) is 60.8 Å². The number of nitrogens with one attached hydrogen (secondary N) is 1. The SMILES string of the molecule is O=c1ccc2cc(N3CCN(CCCCc4c[nH]c5cc(F)ccc45)CC3)c(O)cc2o1. The van der Waals surface area contributed by atoms with E-state index in [-0.39, 0.29) is 11.6 Å². The lowest BCUT2D eigenvalue weighted by molar-refractivity contribution is 0.252. The summed E-state index contributed by atoms with van der Waals surface area (Å²) in [7, 11) is 0. The molecule has 0 aliphatic carbocycles. The molecular formula is C25H26FN3O3. The lowest BCUT2D eigenvalue weighted by atomic mass is 10.1. The zero-order valence-corrected chi connectivity index (χ0v) is 17.8. The summed E-state index contributed by atoms with van der Waals surface area (Å²) in [4.78, 5) is 19.2. The maximum Gasteiger partial charge on any atom is 0.336 e. The first-order chi connectivity index (χ1) is 15.6. The Bertz CT molecular complexity index is 1310. The van der Waals surface area contributed by atoms with Crippen LogP contribution < -0.4 is 10.5 Å². The van der Waals surface area contributed by atoms with Crippen molar-refractivity contribution in [3.8, 4) is 5.75 Å². The van der Waals surface area contributed by atoms with Gasteiger partial charge in [0.25, 0.3) is 0 Å². The number of piperazine rings is 1. The molecule has 6 nitrogen and oxygen atoms in total. The van der Waals surface area contributed by atoms with Gasteiger partial charge < -0.3 is 19.4 Å². The molecule has 1 fully saturated rings. The fraction of sp³-hybridized carbons (Fsp3) is 0.320. The van der Waals surface area contributed by atoms with Crippen LogP contribution in [0, 0.1) is 5.82 Å². The third kappa shape index (κ3) is 4.21. The molecule has 0 atom stereocenters. The number of hydrogen-bond acceptors (Lipinski definition) is 5. The van der Waals surface area contributed by atoms with Crippen LogP contribution in [0.1, 0.15) is 18.4 Å². The number of anilines is 1. The molecule has 0 saturated carbocycles. The second-order valence-electron chi connectivity index (χ2n) is 8.42. The Balaban J connectivity index is 1.13. The van der Waals surface area contributed by atoms with Crippen molar-refractivity contribution in [2.75, 3.05) is 37.6 Å². The number of rotatable bonds is 6. The van der Waals surface area contributed by atoms with E-state index in [1.165, 1.54) is 23.8 Å². The minimum absolute atomic E-state index is 0.138. The lowest BCUT2D eigenvalue weighted by Gasteiger charge is -2.36. The fourth-order valence-corrected chi connectivity index (χ4v) is 4.57. The summed E-state index contributed by atoms with van der Waals surface area (Å²) < 4.78 is 18.5. The number of aromatic amines is 1. The molecule has 0 unspecified atom stereocenters. The maximum atomic E-state index is 13.3. The number of phenolic OH excluding ortho intramolecular Hbond substituents is 1. The van der Waals surface area contributed by atoms with Gasteiger partial charge in [-0.2, -0.15) is 0 Å². The molecule has 7 heteroatoms. The van der Waals surface area contributed by atoms with Crippen molar-refractivity contribution < 1.29 is 13.9 Å². The average Bonchev–Trinajstić information content (AvgIpc) is 3.18. The van der Waals surface area contributed by atoms with E-state index in [1.54, 1.807) is 12.1 Å². The second-order valence-corrected chi connectivity index (χ2v) is 8.42. The minimum atomic E-state index is -0.420. The van der Waals surface area contributed by atoms with Crippen LogP contribution in [0.5, 0.6) is 5.75 Å². The number of benzene rings is 2. The van der Waals surface area contributed by atoms with Crippen molar-refractivity contribution >= 4 is 27.6 Å². The standard InChI is InChI=1S/C25H26FN3O3/c26-19-5-6-20-18(16-27-21(20)14-19)3-1-2-8-28-9-11-29(12-10-28)22-13-17-4-7-25(31)32-24(17)15-23(22)30/h4-7,13-16,27,30H,1-3,8-12H2. The molecule has 3 heterocycles. The van der Waals surface area contributed by atoms with Crippen molar-refractivity contribution in [1.29, 1.82) is 0 Å². The fourth-order valence-electron chi connectivity index (χ4n) is 4.57. The van der Waals surface area contributed by atoms with Gasteiger partial charge in [-0.1, -0.05) is 0 Å². The minimum Gasteiger partial charge on any atom is -0.506 e. The van der Waals surface area contributed by atoms with Gasteiger partial charge in [-0.25, -0.2) is 9.18 Å².